The number of carbonyl (C=O) groups is 2. The summed E-state index contributed by atoms with van der Waals surface area (Å²) >= 11 is 0. The minimum atomic E-state index is -3.37. The van der Waals surface area contributed by atoms with E-state index in [4.69, 9.17) is 0 Å². The molecule has 1 saturated heterocycles. The molecular weight excluding hydrogens is 334 g/mol. The Kier molecular flexibility index (Phi) is 5.45. The Balaban J connectivity index is 1.92. The third-order valence-corrected chi connectivity index (χ3v) is 5.69. The molecule has 1 aliphatic rings. The van der Waals surface area contributed by atoms with E-state index in [9.17, 15) is 23.1 Å². The van der Waals surface area contributed by atoms with Gasteiger partial charge in [-0.15, -0.1) is 0 Å². The molecule has 1 atom stereocenters. The number of sulfonamides is 1. The van der Waals surface area contributed by atoms with Crippen molar-refractivity contribution in [2.45, 2.75) is 6.42 Å². The summed E-state index contributed by atoms with van der Waals surface area (Å²) in [4.78, 5) is 25.7. The SMILES string of the molecule is CN(C)S(=O)(=O)CCNC(=O)C1CC(=O)N(c2cccc(O)c2)C1. The minimum Gasteiger partial charge on any atom is -0.508 e. The molecule has 0 aliphatic carbocycles. The predicted octanol–water partition coefficient (Wildman–Crippen LogP) is -0.247. The van der Waals surface area contributed by atoms with Crippen LogP contribution in [-0.4, -0.2) is 62.6 Å². The number of hydrogen-bond donors (Lipinski definition) is 2. The molecule has 1 unspecified atom stereocenters. The molecule has 24 heavy (non-hydrogen) atoms. The van der Waals surface area contributed by atoms with E-state index in [0.29, 0.717) is 5.69 Å². The van der Waals surface area contributed by atoms with Crippen LogP contribution in [-0.2, 0) is 19.6 Å². The van der Waals surface area contributed by atoms with Crippen LogP contribution >= 0.6 is 0 Å². The third-order valence-electron chi connectivity index (χ3n) is 3.85. The van der Waals surface area contributed by atoms with E-state index >= 15 is 0 Å². The van der Waals surface area contributed by atoms with Crippen molar-refractivity contribution in [2.24, 2.45) is 5.92 Å². The molecule has 2 rings (SSSR count). The summed E-state index contributed by atoms with van der Waals surface area (Å²) in [7, 11) is -0.512. The van der Waals surface area contributed by atoms with Crippen LogP contribution in [0.25, 0.3) is 0 Å². The van der Waals surface area contributed by atoms with E-state index in [0.717, 1.165) is 4.31 Å². The molecule has 0 radical (unpaired) electrons. The molecule has 1 aromatic rings. The summed E-state index contributed by atoms with van der Waals surface area (Å²) in [5.41, 5.74) is 0.533. The fourth-order valence-electron chi connectivity index (χ4n) is 2.42. The normalized spacial score (nSPS) is 18.2. The Bertz CT molecular complexity index is 732. The van der Waals surface area contributed by atoms with E-state index in [2.05, 4.69) is 5.32 Å². The fourth-order valence-corrected chi connectivity index (χ4v) is 3.15. The highest BCUT2D eigenvalue weighted by Crippen LogP contribution is 2.27. The van der Waals surface area contributed by atoms with E-state index in [1.165, 1.54) is 31.1 Å². The van der Waals surface area contributed by atoms with Crippen molar-refractivity contribution in [1.82, 2.24) is 9.62 Å². The lowest BCUT2D eigenvalue weighted by molar-refractivity contribution is -0.126. The maximum absolute atomic E-state index is 12.1. The van der Waals surface area contributed by atoms with Gasteiger partial charge in [0.05, 0.1) is 11.7 Å². The zero-order chi connectivity index (χ0) is 17.9. The predicted molar refractivity (Wildman–Crippen MR) is 89.1 cm³/mol. The average molecular weight is 355 g/mol. The molecule has 9 heteroatoms. The van der Waals surface area contributed by atoms with Crippen LogP contribution in [0.4, 0.5) is 5.69 Å². The van der Waals surface area contributed by atoms with E-state index in [1.54, 1.807) is 12.1 Å². The Morgan fingerprint density at radius 2 is 2.12 bits per heavy atom. The summed E-state index contributed by atoms with van der Waals surface area (Å²) in [6, 6.07) is 6.26. The smallest absolute Gasteiger partial charge is 0.227 e. The topological polar surface area (TPSA) is 107 Å². The second-order valence-electron chi connectivity index (χ2n) is 5.81. The quantitative estimate of drug-likeness (QED) is 0.732. The summed E-state index contributed by atoms with van der Waals surface area (Å²) in [5.74, 6) is -1.24. The molecule has 0 spiro atoms. The van der Waals surface area contributed by atoms with Gasteiger partial charge >= 0.3 is 0 Å². The Labute approximate surface area is 141 Å². The number of phenolic OH excluding ortho intramolecular Hbond substituents is 1. The van der Waals surface area contributed by atoms with Gasteiger partial charge in [-0.1, -0.05) is 6.07 Å². The average Bonchev–Trinajstić information content (AvgIpc) is 2.89. The molecule has 1 aliphatic heterocycles. The van der Waals surface area contributed by atoms with Crippen LogP contribution in [0.5, 0.6) is 5.75 Å². The summed E-state index contributed by atoms with van der Waals surface area (Å²) in [6.07, 6.45) is 0.0575. The molecule has 0 bridgehead atoms. The number of carbonyl (C=O) groups excluding carboxylic acids is 2. The van der Waals surface area contributed by atoms with Gasteiger partial charge < -0.3 is 15.3 Å². The van der Waals surface area contributed by atoms with Crippen LogP contribution in [0.15, 0.2) is 24.3 Å². The molecular formula is C15H21N3O5S. The van der Waals surface area contributed by atoms with Crippen molar-refractivity contribution < 1.29 is 23.1 Å². The Morgan fingerprint density at radius 3 is 2.75 bits per heavy atom. The summed E-state index contributed by atoms with van der Waals surface area (Å²) < 4.78 is 24.4. The van der Waals surface area contributed by atoms with Crippen molar-refractivity contribution in [1.29, 1.82) is 0 Å². The lowest BCUT2D eigenvalue weighted by atomic mass is 10.1. The van der Waals surface area contributed by atoms with Crippen LogP contribution in [0.3, 0.4) is 0 Å². The number of benzene rings is 1. The van der Waals surface area contributed by atoms with E-state index in [-0.39, 0.29) is 42.8 Å². The number of anilines is 1. The summed E-state index contributed by atoms with van der Waals surface area (Å²) in [5, 5.41) is 12.1. The number of nitrogens with one attached hydrogen (secondary N) is 1. The van der Waals surface area contributed by atoms with Gasteiger partial charge in [-0.05, 0) is 12.1 Å². The van der Waals surface area contributed by atoms with Crippen molar-refractivity contribution in [3.05, 3.63) is 24.3 Å². The lowest BCUT2D eigenvalue weighted by Gasteiger charge is -2.17. The van der Waals surface area contributed by atoms with Gasteiger partial charge in [-0.3, -0.25) is 9.59 Å². The fraction of sp³-hybridized carbons (Fsp3) is 0.467. The minimum absolute atomic E-state index is 0.00381. The zero-order valence-electron chi connectivity index (χ0n) is 13.6. The molecule has 0 saturated carbocycles. The number of hydrogen-bond acceptors (Lipinski definition) is 5. The molecule has 1 heterocycles. The second kappa shape index (κ2) is 7.18. The number of phenols is 1. The maximum atomic E-state index is 12.1. The Morgan fingerprint density at radius 1 is 1.42 bits per heavy atom. The number of amides is 2. The monoisotopic (exact) mass is 355 g/mol. The van der Waals surface area contributed by atoms with Crippen molar-refractivity contribution >= 4 is 27.5 Å². The first-order valence-electron chi connectivity index (χ1n) is 7.48. The van der Waals surface area contributed by atoms with Crippen molar-refractivity contribution in [3.63, 3.8) is 0 Å². The van der Waals surface area contributed by atoms with Crippen LogP contribution in [0.2, 0.25) is 0 Å². The molecule has 132 valence electrons. The molecule has 2 amide bonds. The van der Waals surface area contributed by atoms with E-state index in [1.807, 2.05) is 0 Å². The highest BCUT2D eigenvalue weighted by Gasteiger charge is 2.35. The maximum Gasteiger partial charge on any atom is 0.227 e. The van der Waals surface area contributed by atoms with Gasteiger partial charge in [0, 0.05) is 45.4 Å². The van der Waals surface area contributed by atoms with Gasteiger partial charge in [-0.2, -0.15) is 0 Å². The van der Waals surface area contributed by atoms with Crippen LogP contribution in [0, 0.1) is 5.92 Å². The molecule has 1 aromatic carbocycles. The van der Waals surface area contributed by atoms with Crippen molar-refractivity contribution in [3.8, 4) is 5.75 Å². The van der Waals surface area contributed by atoms with Gasteiger partial charge in [-0.25, -0.2) is 12.7 Å². The molecule has 8 nitrogen and oxygen atoms in total. The molecule has 0 aromatic heterocycles. The zero-order valence-corrected chi connectivity index (χ0v) is 14.4. The highest BCUT2D eigenvalue weighted by atomic mass is 32.2. The molecule has 1 fully saturated rings. The molecule has 2 N–H and O–H groups in total. The van der Waals surface area contributed by atoms with Crippen LogP contribution in [0.1, 0.15) is 6.42 Å². The third kappa shape index (κ3) is 4.24. The number of rotatable bonds is 6. The number of aromatic hydroxyl groups is 1. The standard InChI is InChI=1S/C15H21N3O5S/c1-17(2)24(22,23)7-6-16-15(21)11-8-14(20)18(10-11)12-4-3-5-13(19)9-12/h3-5,9,11,19H,6-8,10H2,1-2H3,(H,16,21). The second-order valence-corrected chi connectivity index (χ2v) is 8.12. The first kappa shape index (κ1) is 18.2. The summed E-state index contributed by atoms with van der Waals surface area (Å²) in [6.45, 7) is 0.199. The van der Waals surface area contributed by atoms with Gasteiger partial charge in [0.15, 0.2) is 0 Å². The Hall–Kier alpha value is -2.13. The van der Waals surface area contributed by atoms with Crippen LogP contribution < -0.4 is 10.2 Å². The highest BCUT2D eigenvalue weighted by molar-refractivity contribution is 7.89. The van der Waals surface area contributed by atoms with E-state index < -0.39 is 15.9 Å². The van der Waals surface area contributed by atoms with Gasteiger partial charge in [0.25, 0.3) is 0 Å². The largest absolute Gasteiger partial charge is 0.508 e. The first-order chi connectivity index (χ1) is 11.2. The number of nitrogens with zero attached hydrogens (tertiary/aromatic N) is 2. The lowest BCUT2D eigenvalue weighted by Crippen LogP contribution is -2.37. The first-order valence-corrected chi connectivity index (χ1v) is 9.09. The van der Waals surface area contributed by atoms with Gasteiger partial charge in [0.2, 0.25) is 21.8 Å². The van der Waals surface area contributed by atoms with Gasteiger partial charge in [0.1, 0.15) is 5.75 Å². The van der Waals surface area contributed by atoms with Crippen molar-refractivity contribution in [2.75, 3.05) is 37.8 Å².